The van der Waals surface area contributed by atoms with Crippen LogP contribution >= 0.6 is 24.0 Å². The highest BCUT2D eigenvalue weighted by molar-refractivity contribution is 8.23. The summed E-state index contributed by atoms with van der Waals surface area (Å²) in [5, 5.41) is 8.02. The summed E-state index contributed by atoms with van der Waals surface area (Å²) in [6, 6.07) is 14.3. The molecule has 1 aliphatic rings. The van der Waals surface area contributed by atoms with Gasteiger partial charge in [0.1, 0.15) is 0 Å². The van der Waals surface area contributed by atoms with Crippen molar-refractivity contribution in [2.45, 2.75) is 6.92 Å². The van der Waals surface area contributed by atoms with Crippen molar-refractivity contribution >= 4 is 50.7 Å². The van der Waals surface area contributed by atoms with Crippen LogP contribution in [-0.4, -0.2) is 26.7 Å². The SMILES string of the molecule is C/C(=N\N1C(=O)CSC1=S)c1ccc2ccccc2c1. The first-order chi connectivity index (χ1) is 9.65. The van der Waals surface area contributed by atoms with E-state index in [-0.39, 0.29) is 5.91 Å². The fourth-order valence-electron chi connectivity index (χ4n) is 2.07. The van der Waals surface area contributed by atoms with E-state index in [0.717, 1.165) is 16.7 Å². The molecule has 1 amide bonds. The zero-order chi connectivity index (χ0) is 14.1. The predicted octanol–water partition coefficient (Wildman–Crippen LogP) is 3.42. The van der Waals surface area contributed by atoms with Gasteiger partial charge in [0.05, 0.1) is 11.5 Å². The molecule has 2 aromatic carbocycles. The molecule has 100 valence electrons. The number of rotatable bonds is 2. The third-order valence-corrected chi connectivity index (χ3v) is 4.48. The molecular weight excluding hydrogens is 288 g/mol. The van der Waals surface area contributed by atoms with Gasteiger partial charge in [-0.1, -0.05) is 60.4 Å². The van der Waals surface area contributed by atoms with Gasteiger partial charge in [-0.3, -0.25) is 4.79 Å². The second-order valence-corrected chi connectivity index (χ2v) is 6.12. The lowest BCUT2D eigenvalue weighted by molar-refractivity contribution is -0.124. The van der Waals surface area contributed by atoms with Crippen molar-refractivity contribution < 1.29 is 4.79 Å². The Kier molecular flexibility index (Phi) is 3.54. The Labute approximate surface area is 126 Å². The van der Waals surface area contributed by atoms with E-state index in [2.05, 4.69) is 29.4 Å². The minimum absolute atomic E-state index is 0.0554. The summed E-state index contributed by atoms with van der Waals surface area (Å²) in [4.78, 5) is 11.7. The van der Waals surface area contributed by atoms with Gasteiger partial charge in [0.15, 0.2) is 4.32 Å². The van der Waals surface area contributed by atoms with Crippen LogP contribution in [0.25, 0.3) is 10.8 Å². The molecule has 0 unspecified atom stereocenters. The second-order valence-electron chi connectivity index (χ2n) is 4.51. The number of hydrazone groups is 1. The number of carbonyl (C=O) groups excluding carboxylic acids is 1. The van der Waals surface area contributed by atoms with Crippen molar-refractivity contribution in [3.63, 3.8) is 0 Å². The topological polar surface area (TPSA) is 32.7 Å². The van der Waals surface area contributed by atoms with Gasteiger partial charge in [-0.05, 0) is 29.3 Å². The monoisotopic (exact) mass is 300 g/mol. The molecule has 0 saturated carbocycles. The lowest BCUT2D eigenvalue weighted by Crippen LogP contribution is -2.24. The molecule has 0 aromatic heterocycles. The maximum absolute atomic E-state index is 11.7. The molecule has 0 spiro atoms. The largest absolute Gasteiger partial charge is 0.272 e. The molecule has 1 saturated heterocycles. The molecule has 0 bridgehead atoms. The van der Waals surface area contributed by atoms with Crippen LogP contribution in [0.5, 0.6) is 0 Å². The van der Waals surface area contributed by atoms with Crippen LogP contribution in [0.15, 0.2) is 47.6 Å². The summed E-state index contributed by atoms with van der Waals surface area (Å²) < 4.78 is 0.523. The molecule has 1 aliphatic heterocycles. The molecule has 0 N–H and O–H groups in total. The lowest BCUT2D eigenvalue weighted by Gasteiger charge is -2.10. The van der Waals surface area contributed by atoms with Crippen molar-refractivity contribution in [2.75, 3.05) is 5.75 Å². The molecule has 5 heteroatoms. The van der Waals surface area contributed by atoms with Gasteiger partial charge in [0.2, 0.25) is 0 Å². The lowest BCUT2D eigenvalue weighted by atomic mass is 10.0. The van der Waals surface area contributed by atoms with Crippen molar-refractivity contribution in [3.8, 4) is 0 Å². The molecule has 0 aliphatic carbocycles. The van der Waals surface area contributed by atoms with Gasteiger partial charge in [-0.25, -0.2) is 0 Å². The number of benzene rings is 2. The first-order valence-electron chi connectivity index (χ1n) is 6.19. The van der Waals surface area contributed by atoms with Crippen LogP contribution in [0.3, 0.4) is 0 Å². The average Bonchev–Trinajstić information content (AvgIpc) is 2.78. The van der Waals surface area contributed by atoms with Gasteiger partial charge >= 0.3 is 0 Å². The molecule has 3 nitrogen and oxygen atoms in total. The van der Waals surface area contributed by atoms with Crippen LogP contribution in [0.4, 0.5) is 0 Å². The van der Waals surface area contributed by atoms with Crippen molar-refractivity contribution in [3.05, 3.63) is 48.0 Å². The van der Waals surface area contributed by atoms with Crippen LogP contribution in [0, 0.1) is 0 Å². The summed E-state index contributed by atoms with van der Waals surface area (Å²) in [5.41, 5.74) is 1.78. The molecule has 20 heavy (non-hydrogen) atoms. The van der Waals surface area contributed by atoms with Crippen LogP contribution < -0.4 is 0 Å². The summed E-state index contributed by atoms with van der Waals surface area (Å²) >= 11 is 6.48. The quantitative estimate of drug-likeness (QED) is 0.629. The summed E-state index contributed by atoms with van der Waals surface area (Å²) in [5.74, 6) is 0.327. The number of thioether (sulfide) groups is 1. The normalized spacial score (nSPS) is 16.2. The van der Waals surface area contributed by atoms with Gasteiger partial charge in [-0.2, -0.15) is 10.1 Å². The molecule has 0 radical (unpaired) electrons. The summed E-state index contributed by atoms with van der Waals surface area (Å²) in [7, 11) is 0. The smallest absolute Gasteiger partial charge is 0.259 e. The number of carbonyl (C=O) groups is 1. The minimum atomic E-state index is -0.0554. The third-order valence-electron chi connectivity index (χ3n) is 3.15. The highest BCUT2D eigenvalue weighted by atomic mass is 32.2. The Morgan fingerprint density at radius 2 is 2.00 bits per heavy atom. The fraction of sp³-hybridized carbons (Fsp3) is 0.133. The Bertz CT molecular complexity index is 723. The molecule has 1 heterocycles. The molecule has 3 rings (SSSR count). The molecule has 2 aromatic rings. The number of amides is 1. The van der Waals surface area contributed by atoms with Gasteiger partial charge in [0, 0.05) is 0 Å². The highest BCUT2D eigenvalue weighted by Crippen LogP contribution is 2.21. The number of fused-ring (bicyclic) bond motifs is 1. The van der Waals surface area contributed by atoms with Crippen LogP contribution in [0.1, 0.15) is 12.5 Å². The first-order valence-corrected chi connectivity index (χ1v) is 7.58. The molecule has 1 fully saturated rings. The van der Waals surface area contributed by atoms with E-state index in [1.807, 2.05) is 25.1 Å². The van der Waals surface area contributed by atoms with E-state index in [4.69, 9.17) is 12.2 Å². The van der Waals surface area contributed by atoms with Gasteiger partial charge in [-0.15, -0.1) is 0 Å². The Morgan fingerprint density at radius 1 is 1.25 bits per heavy atom. The minimum Gasteiger partial charge on any atom is -0.272 e. The zero-order valence-electron chi connectivity index (χ0n) is 10.9. The Morgan fingerprint density at radius 3 is 2.70 bits per heavy atom. The van der Waals surface area contributed by atoms with Crippen molar-refractivity contribution in [1.82, 2.24) is 5.01 Å². The first kappa shape index (κ1) is 13.3. The number of hydrogen-bond donors (Lipinski definition) is 0. The third kappa shape index (κ3) is 2.46. The van der Waals surface area contributed by atoms with E-state index >= 15 is 0 Å². The van der Waals surface area contributed by atoms with E-state index in [0.29, 0.717) is 10.1 Å². The fourth-order valence-corrected chi connectivity index (χ4v) is 3.02. The standard InChI is InChI=1S/C15H12N2OS2/c1-10(16-17-14(18)9-20-15(17)19)12-7-6-11-4-2-3-5-13(11)8-12/h2-8H,9H2,1H3/b16-10+. The summed E-state index contributed by atoms with van der Waals surface area (Å²) in [6.45, 7) is 1.89. The highest BCUT2D eigenvalue weighted by Gasteiger charge is 2.26. The number of nitrogens with zero attached hydrogens (tertiary/aromatic N) is 2. The van der Waals surface area contributed by atoms with Crippen LogP contribution in [-0.2, 0) is 4.79 Å². The number of thiocarbonyl (C=S) groups is 1. The number of hydrogen-bond acceptors (Lipinski definition) is 4. The zero-order valence-corrected chi connectivity index (χ0v) is 12.5. The Balaban J connectivity index is 1.97. The van der Waals surface area contributed by atoms with E-state index < -0.39 is 0 Å². The second kappa shape index (κ2) is 5.34. The van der Waals surface area contributed by atoms with Crippen molar-refractivity contribution in [2.24, 2.45) is 5.10 Å². The van der Waals surface area contributed by atoms with E-state index in [9.17, 15) is 4.79 Å². The van der Waals surface area contributed by atoms with E-state index in [1.165, 1.54) is 22.2 Å². The maximum atomic E-state index is 11.7. The van der Waals surface area contributed by atoms with E-state index in [1.54, 1.807) is 0 Å². The molecule has 0 atom stereocenters. The maximum Gasteiger partial charge on any atom is 0.259 e. The Hall–Kier alpha value is -1.72. The van der Waals surface area contributed by atoms with Gasteiger partial charge in [0.25, 0.3) is 5.91 Å². The van der Waals surface area contributed by atoms with Crippen molar-refractivity contribution in [1.29, 1.82) is 0 Å². The van der Waals surface area contributed by atoms with Gasteiger partial charge < -0.3 is 0 Å². The van der Waals surface area contributed by atoms with Crippen LogP contribution in [0.2, 0.25) is 0 Å². The molecular formula is C15H12N2OS2. The predicted molar refractivity (Wildman–Crippen MR) is 88.1 cm³/mol. The average molecular weight is 300 g/mol. The summed E-state index contributed by atoms with van der Waals surface area (Å²) in [6.07, 6.45) is 0.